The third-order valence-electron chi connectivity index (χ3n) is 6.80. The minimum Gasteiger partial charge on any atom is -0.450 e. The number of hydrogen-bond acceptors (Lipinski definition) is 5. The predicted molar refractivity (Wildman–Crippen MR) is 147 cm³/mol. The van der Waals surface area contributed by atoms with Crippen LogP contribution in [0.15, 0.2) is 48.5 Å². The van der Waals surface area contributed by atoms with Crippen molar-refractivity contribution in [2.45, 2.75) is 31.4 Å². The molecule has 1 unspecified atom stereocenters. The summed E-state index contributed by atoms with van der Waals surface area (Å²) in [4.78, 5) is 29.0. The van der Waals surface area contributed by atoms with Crippen molar-refractivity contribution in [1.29, 1.82) is 0 Å². The van der Waals surface area contributed by atoms with Gasteiger partial charge < -0.3 is 30.1 Å². The van der Waals surface area contributed by atoms with Gasteiger partial charge in [-0.15, -0.1) is 12.4 Å². The van der Waals surface area contributed by atoms with E-state index in [2.05, 4.69) is 22.3 Å². The zero-order valence-electron chi connectivity index (χ0n) is 20.8. The van der Waals surface area contributed by atoms with Gasteiger partial charge in [-0.1, -0.05) is 59.6 Å². The van der Waals surface area contributed by atoms with E-state index in [4.69, 9.17) is 32.7 Å². The average molecular weight is 575 g/mol. The Morgan fingerprint density at radius 3 is 2.46 bits per heavy atom. The molecule has 204 valence electrons. The first kappa shape index (κ1) is 31.1. The van der Waals surface area contributed by atoms with Crippen molar-refractivity contribution >= 4 is 47.6 Å². The number of halogens is 3. The monoisotopic (exact) mass is 573 g/mol. The van der Waals surface area contributed by atoms with E-state index in [1.54, 1.807) is 19.1 Å². The molecule has 0 spiro atoms. The summed E-state index contributed by atoms with van der Waals surface area (Å²) < 4.78 is 10.9. The van der Waals surface area contributed by atoms with Crippen molar-refractivity contribution in [3.63, 3.8) is 0 Å². The molecule has 2 aromatic rings. The highest BCUT2D eigenvalue weighted by Crippen LogP contribution is 2.33. The number of carbonyl (C=O) groups is 2. The molecule has 0 bridgehead atoms. The minimum atomic E-state index is -0.461. The SMILES string of the molecule is CCOC(=O)NC1(c2ccccc2)CCN(CCN2CC(c3ccc(Cl)c(Cl)c3)OCC2=O)CC1.Cl.O. The van der Waals surface area contributed by atoms with Crippen molar-refractivity contribution < 1.29 is 24.5 Å². The molecule has 1 atom stereocenters. The number of rotatable bonds is 7. The van der Waals surface area contributed by atoms with Crippen molar-refractivity contribution in [1.82, 2.24) is 15.1 Å². The zero-order valence-corrected chi connectivity index (χ0v) is 23.1. The fourth-order valence-corrected chi connectivity index (χ4v) is 5.08. The molecule has 37 heavy (non-hydrogen) atoms. The summed E-state index contributed by atoms with van der Waals surface area (Å²) in [6.07, 6.45) is 0.901. The fourth-order valence-electron chi connectivity index (χ4n) is 4.77. The Morgan fingerprint density at radius 2 is 1.81 bits per heavy atom. The number of carbonyl (C=O) groups excluding carboxylic acids is 2. The van der Waals surface area contributed by atoms with Crippen LogP contribution in [-0.2, 0) is 19.8 Å². The molecular formula is C26H34Cl3N3O5. The summed E-state index contributed by atoms with van der Waals surface area (Å²) in [5.41, 5.74) is 1.53. The summed E-state index contributed by atoms with van der Waals surface area (Å²) in [7, 11) is 0. The van der Waals surface area contributed by atoms with E-state index in [0.29, 0.717) is 29.7 Å². The van der Waals surface area contributed by atoms with Gasteiger partial charge in [-0.25, -0.2) is 4.79 Å². The van der Waals surface area contributed by atoms with Gasteiger partial charge in [0.1, 0.15) is 12.7 Å². The van der Waals surface area contributed by atoms with Gasteiger partial charge in [0.2, 0.25) is 5.91 Å². The van der Waals surface area contributed by atoms with Crippen LogP contribution in [-0.4, -0.2) is 73.2 Å². The average Bonchev–Trinajstić information content (AvgIpc) is 2.87. The minimum absolute atomic E-state index is 0. The van der Waals surface area contributed by atoms with Crippen LogP contribution in [0.2, 0.25) is 10.0 Å². The Balaban J connectivity index is 0.00000241. The molecule has 11 heteroatoms. The lowest BCUT2D eigenvalue weighted by Crippen LogP contribution is -2.54. The van der Waals surface area contributed by atoms with E-state index in [0.717, 1.165) is 43.6 Å². The predicted octanol–water partition coefficient (Wildman–Crippen LogP) is 4.23. The van der Waals surface area contributed by atoms with Gasteiger partial charge in [-0.2, -0.15) is 0 Å². The highest BCUT2D eigenvalue weighted by atomic mass is 35.5. The van der Waals surface area contributed by atoms with Gasteiger partial charge in [0.15, 0.2) is 0 Å². The Hall–Kier alpha value is -2.07. The van der Waals surface area contributed by atoms with Crippen LogP contribution >= 0.6 is 35.6 Å². The second-order valence-corrected chi connectivity index (χ2v) is 9.76. The number of nitrogens with zero attached hydrogens (tertiary/aromatic N) is 2. The molecule has 0 radical (unpaired) electrons. The van der Waals surface area contributed by atoms with Gasteiger partial charge in [0.25, 0.3) is 0 Å². The van der Waals surface area contributed by atoms with Crippen molar-refractivity contribution in [3.05, 3.63) is 69.7 Å². The highest BCUT2D eigenvalue weighted by Gasteiger charge is 2.38. The van der Waals surface area contributed by atoms with E-state index in [-0.39, 0.29) is 36.5 Å². The summed E-state index contributed by atoms with van der Waals surface area (Å²) in [5, 5.41) is 4.09. The Morgan fingerprint density at radius 1 is 1.11 bits per heavy atom. The van der Waals surface area contributed by atoms with E-state index < -0.39 is 11.6 Å². The number of likely N-dealkylation sites (tertiary alicyclic amines) is 1. The normalized spacial score (nSPS) is 19.4. The largest absolute Gasteiger partial charge is 0.450 e. The molecule has 2 heterocycles. The van der Waals surface area contributed by atoms with Crippen LogP contribution in [0.3, 0.4) is 0 Å². The van der Waals surface area contributed by atoms with E-state index in [1.807, 2.05) is 29.2 Å². The van der Waals surface area contributed by atoms with Gasteiger partial charge in [0, 0.05) is 26.2 Å². The maximum absolute atomic E-state index is 12.5. The van der Waals surface area contributed by atoms with Crippen LogP contribution in [0.25, 0.3) is 0 Å². The van der Waals surface area contributed by atoms with E-state index in [1.165, 1.54) is 0 Å². The first-order valence-electron chi connectivity index (χ1n) is 12.0. The summed E-state index contributed by atoms with van der Waals surface area (Å²) in [5.74, 6) is -0.0130. The summed E-state index contributed by atoms with van der Waals surface area (Å²) in [6, 6.07) is 15.5. The number of hydrogen-bond donors (Lipinski definition) is 1. The number of benzene rings is 2. The lowest BCUT2D eigenvalue weighted by Gasteiger charge is -2.43. The number of amides is 2. The third kappa shape index (κ3) is 7.72. The first-order valence-corrected chi connectivity index (χ1v) is 12.7. The third-order valence-corrected chi connectivity index (χ3v) is 7.54. The topological polar surface area (TPSA) is 103 Å². The second-order valence-electron chi connectivity index (χ2n) is 8.95. The first-order chi connectivity index (χ1) is 16.9. The number of alkyl carbamates (subject to hydrolysis) is 1. The van der Waals surface area contributed by atoms with Crippen LogP contribution in [0.5, 0.6) is 0 Å². The van der Waals surface area contributed by atoms with Crippen LogP contribution < -0.4 is 5.32 Å². The smallest absolute Gasteiger partial charge is 0.407 e. The van der Waals surface area contributed by atoms with E-state index in [9.17, 15) is 9.59 Å². The maximum atomic E-state index is 12.5. The quantitative estimate of drug-likeness (QED) is 0.533. The van der Waals surface area contributed by atoms with Crippen molar-refractivity contribution in [2.24, 2.45) is 0 Å². The molecule has 3 N–H and O–H groups in total. The molecule has 2 aliphatic rings. The van der Waals surface area contributed by atoms with Crippen LogP contribution in [0.4, 0.5) is 4.79 Å². The Labute approximate surface area is 233 Å². The number of morpholine rings is 1. The molecule has 2 aromatic carbocycles. The van der Waals surface area contributed by atoms with Gasteiger partial charge in [0.05, 0.1) is 28.7 Å². The molecule has 0 aromatic heterocycles. The standard InChI is InChI=1S/C26H31Cl2N3O4.ClH.H2O/c1-2-34-25(33)29-26(20-6-4-3-5-7-20)10-12-30(13-11-26)14-15-31-17-23(35-18-24(31)32)19-8-9-21(27)22(28)16-19;;/h3-9,16,23H,2,10-15,17-18H2,1H3,(H,29,33);1H;1H2. The van der Waals surface area contributed by atoms with Gasteiger partial charge >= 0.3 is 6.09 Å². The van der Waals surface area contributed by atoms with Crippen LogP contribution in [0, 0.1) is 0 Å². The van der Waals surface area contributed by atoms with E-state index >= 15 is 0 Å². The molecule has 0 aliphatic carbocycles. The molecular weight excluding hydrogens is 541 g/mol. The molecule has 4 rings (SSSR count). The number of ether oxygens (including phenoxy) is 2. The number of nitrogens with one attached hydrogen (secondary N) is 1. The Kier molecular flexibility index (Phi) is 11.9. The lowest BCUT2D eigenvalue weighted by atomic mass is 9.81. The number of piperidine rings is 1. The van der Waals surface area contributed by atoms with Crippen molar-refractivity contribution in [2.75, 3.05) is 45.9 Å². The molecule has 2 fully saturated rings. The van der Waals surface area contributed by atoms with Crippen LogP contribution in [0.1, 0.15) is 37.0 Å². The summed E-state index contributed by atoms with van der Waals surface area (Å²) >= 11 is 12.2. The fraction of sp³-hybridized carbons (Fsp3) is 0.462. The maximum Gasteiger partial charge on any atom is 0.407 e. The molecule has 2 aliphatic heterocycles. The molecule has 2 saturated heterocycles. The molecule has 8 nitrogen and oxygen atoms in total. The van der Waals surface area contributed by atoms with Gasteiger partial charge in [-0.05, 0) is 43.0 Å². The second kappa shape index (κ2) is 14.2. The molecule has 2 amide bonds. The summed E-state index contributed by atoms with van der Waals surface area (Å²) in [6.45, 7) is 5.63. The van der Waals surface area contributed by atoms with Crippen molar-refractivity contribution in [3.8, 4) is 0 Å². The lowest BCUT2D eigenvalue weighted by molar-refractivity contribution is -0.149. The zero-order chi connectivity index (χ0) is 24.8. The molecule has 0 saturated carbocycles. The highest BCUT2D eigenvalue weighted by molar-refractivity contribution is 6.42. The van der Waals surface area contributed by atoms with Gasteiger partial charge in [-0.3, -0.25) is 4.79 Å². The Bertz CT molecular complexity index is 1040.